The van der Waals surface area contributed by atoms with Crippen LogP contribution in [0.25, 0.3) is 22.3 Å². The molecule has 5 heterocycles. The Kier molecular flexibility index (Phi) is 7.60. The van der Waals surface area contributed by atoms with E-state index < -0.39 is 17.3 Å². The summed E-state index contributed by atoms with van der Waals surface area (Å²) in [7, 11) is 0. The van der Waals surface area contributed by atoms with E-state index in [0.29, 0.717) is 42.5 Å². The molecule has 45 heavy (non-hydrogen) atoms. The van der Waals surface area contributed by atoms with Gasteiger partial charge in [-0.05, 0) is 74.9 Å². The van der Waals surface area contributed by atoms with Crippen LogP contribution in [0.15, 0.2) is 61.3 Å². The summed E-state index contributed by atoms with van der Waals surface area (Å²) in [5.74, 6) is 0.699. The third kappa shape index (κ3) is 5.70. The molecule has 1 aromatic carbocycles. The molecule has 1 aliphatic carbocycles. The molecule has 3 fully saturated rings. The molecule has 4 aromatic rings. The zero-order valence-electron chi connectivity index (χ0n) is 24.5. The summed E-state index contributed by atoms with van der Waals surface area (Å²) in [4.78, 5) is 39.0. The maximum atomic E-state index is 13.3. The van der Waals surface area contributed by atoms with Crippen LogP contribution in [0.5, 0.6) is 0 Å². The molecule has 0 bridgehead atoms. The molecule has 10 nitrogen and oxygen atoms in total. The van der Waals surface area contributed by atoms with Crippen LogP contribution in [0, 0.1) is 0 Å². The summed E-state index contributed by atoms with van der Waals surface area (Å²) in [6.45, 7) is 1.45. The first-order valence-electron chi connectivity index (χ1n) is 15.3. The van der Waals surface area contributed by atoms with Crippen LogP contribution in [0.2, 0.25) is 0 Å². The second kappa shape index (κ2) is 11.6. The summed E-state index contributed by atoms with van der Waals surface area (Å²) < 4.78 is 39.9. The fraction of sp³-hybridized carbons (Fsp3) is 0.438. The van der Waals surface area contributed by atoms with Gasteiger partial charge in [-0.3, -0.25) is 14.7 Å². The van der Waals surface area contributed by atoms with Gasteiger partial charge in [-0.25, -0.2) is 19.9 Å². The van der Waals surface area contributed by atoms with Gasteiger partial charge in [-0.2, -0.15) is 13.2 Å². The van der Waals surface area contributed by atoms with Gasteiger partial charge in [0, 0.05) is 60.8 Å². The molecule has 1 amide bonds. The highest BCUT2D eigenvalue weighted by Crippen LogP contribution is 2.42. The van der Waals surface area contributed by atoms with E-state index in [2.05, 4.69) is 35.1 Å². The molecule has 0 unspecified atom stereocenters. The zero-order chi connectivity index (χ0) is 31.2. The van der Waals surface area contributed by atoms with Gasteiger partial charge in [-0.1, -0.05) is 0 Å². The number of halogens is 3. The van der Waals surface area contributed by atoms with E-state index in [1.807, 2.05) is 17.0 Å². The van der Waals surface area contributed by atoms with Gasteiger partial charge in [0.1, 0.15) is 17.7 Å². The van der Waals surface area contributed by atoms with Crippen molar-refractivity contribution in [3.63, 3.8) is 0 Å². The third-order valence-corrected chi connectivity index (χ3v) is 9.62. The number of nitrogens with zero attached hydrogens (tertiary/aromatic N) is 7. The SMILES string of the molecule is O=C(CNc1ncnc2ccc(C(F)(F)F)cc12)N1CC[C@H]2[C@@H]1CCN2C1CCC(O)(c2ccc(-c3ncccn3)cn2)CC1. The number of hydrogen-bond acceptors (Lipinski definition) is 9. The van der Waals surface area contributed by atoms with Crippen LogP contribution in [-0.2, 0) is 16.6 Å². The van der Waals surface area contributed by atoms with Crippen molar-refractivity contribution in [3.05, 3.63) is 72.6 Å². The van der Waals surface area contributed by atoms with E-state index in [1.54, 1.807) is 24.7 Å². The predicted molar refractivity (Wildman–Crippen MR) is 160 cm³/mol. The molecule has 234 valence electrons. The van der Waals surface area contributed by atoms with E-state index in [0.717, 1.165) is 49.9 Å². The van der Waals surface area contributed by atoms with Crippen LogP contribution < -0.4 is 5.32 Å². The average molecular weight is 619 g/mol. The van der Waals surface area contributed by atoms with E-state index in [-0.39, 0.29) is 35.7 Å². The van der Waals surface area contributed by atoms with Crippen LogP contribution in [0.4, 0.5) is 19.0 Å². The van der Waals surface area contributed by atoms with Crippen LogP contribution in [0.1, 0.15) is 49.8 Å². The second-order valence-electron chi connectivity index (χ2n) is 12.1. The molecule has 2 N–H and O–H groups in total. The number of nitrogens with one attached hydrogen (secondary N) is 1. The van der Waals surface area contributed by atoms with Crippen LogP contribution in [0.3, 0.4) is 0 Å². The highest BCUT2D eigenvalue weighted by Gasteiger charge is 2.48. The van der Waals surface area contributed by atoms with Crippen molar-refractivity contribution in [3.8, 4) is 11.4 Å². The Morgan fingerprint density at radius 3 is 2.47 bits per heavy atom. The van der Waals surface area contributed by atoms with Gasteiger partial charge >= 0.3 is 6.18 Å². The van der Waals surface area contributed by atoms with E-state index in [4.69, 9.17) is 0 Å². The number of fused-ring (bicyclic) bond motifs is 2. The van der Waals surface area contributed by atoms with Gasteiger partial charge in [0.25, 0.3) is 0 Å². The molecule has 7 rings (SSSR count). The lowest BCUT2D eigenvalue weighted by Crippen LogP contribution is -2.47. The summed E-state index contributed by atoms with van der Waals surface area (Å²) in [5.41, 5.74) is 0.0595. The molecule has 2 saturated heterocycles. The van der Waals surface area contributed by atoms with E-state index in [9.17, 15) is 23.1 Å². The van der Waals surface area contributed by atoms with Gasteiger partial charge in [0.15, 0.2) is 5.82 Å². The lowest BCUT2D eigenvalue weighted by Gasteiger charge is -2.41. The summed E-state index contributed by atoms with van der Waals surface area (Å²) in [6.07, 6.45) is 6.49. The Morgan fingerprint density at radius 1 is 0.956 bits per heavy atom. The number of hydrogen-bond donors (Lipinski definition) is 2. The normalized spacial score (nSPS) is 25.4. The minimum absolute atomic E-state index is 0.0653. The summed E-state index contributed by atoms with van der Waals surface area (Å²) in [5, 5.41) is 14.7. The van der Waals surface area contributed by atoms with Crippen molar-refractivity contribution in [2.75, 3.05) is 25.0 Å². The number of likely N-dealkylation sites (tertiary alicyclic amines) is 2. The quantitative estimate of drug-likeness (QED) is 0.324. The van der Waals surface area contributed by atoms with Crippen molar-refractivity contribution >= 4 is 22.6 Å². The Bertz CT molecular complexity index is 1680. The molecule has 2 atom stereocenters. The van der Waals surface area contributed by atoms with Crippen LogP contribution in [-0.4, -0.2) is 83.5 Å². The average Bonchev–Trinajstić information content (AvgIpc) is 3.67. The van der Waals surface area contributed by atoms with Gasteiger partial charge in [-0.15, -0.1) is 0 Å². The molecule has 0 radical (unpaired) electrons. The van der Waals surface area contributed by atoms with Crippen molar-refractivity contribution < 1.29 is 23.1 Å². The maximum Gasteiger partial charge on any atom is 0.416 e. The molecule has 1 saturated carbocycles. The first kappa shape index (κ1) is 29.5. The Hall–Kier alpha value is -4.23. The number of rotatable bonds is 6. The number of carbonyl (C=O) groups is 1. The fourth-order valence-corrected chi connectivity index (χ4v) is 7.33. The van der Waals surface area contributed by atoms with Crippen LogP contribution >= 0.6 is 0 Å². The van der Waals surface area contributed by atoms with Gasteiger partial charge in [0.05, 0.1) is 23.3 Å². The highest BCUT2D eigenvalue weighted by molar-refractivity contribution is 5.91. The Labute approximate surface area is 257 Å². The van der Waals surface area contributed by atoms with Gasteiger partial charge in [0.2, 0.25) is 5.91 Å². The predicted octanol–water partition coefficient (Wildman–Crippen LogP) is 4.42. The second-order valence-corrected chi connectivity index (χ2v) is 12.1. The standard InChI is InChI=1S/C32H33F3N8O2/c33-32(34,35)21-3-4-24-23(16-21)30(41-19-40-24)39-18-28(44)43-15-9-25-26(43)8-14-42(25)22-6-10-31(45,11-7-22)27-5-2-20(17-38-27)29-36-12-1-13-37-29/h1-5,12-13,16-17,19,22,25-26,45H,6-11,14-15,18H2,(H,39,40,41)/t22?,25-,26-,31?/m0/s1. The molecular formula is C32H33F3N8O2. The number of pyridine rings is 1. The number of benzene rings is 1. The highest BCUT2D eigenvalue weighted by atomic mass is 19.4. The van der Waals surface area contributed by atoms with E-state index >= 15 is 0 Å². The maximum absolute atomic E-state index is 13.3. The summed E-state index contributed by atoms with van der Waals surface area (Å²) >= 11 is 0. The largest absolute Gasteiger partial charge is 0.416 e. The fourth-order valence-electron chi connectivity index (χ4n) is 7.33. The van der Waals surface area contributed by atoms with E-state index in [1.165, 1.54) is 12.4 Å². The Morgan fingerprint density at radius 2 is 1.73 bits per heavy atom. The monoisotopic (exact) mass is 618 g/mol. The van der Waals surface area contributed by atoms with Crippen molar-refractivity contribution in [1.29, 1.82) is 0 Å². The Balaban J connectivity index is 0.957. The topological polar surface area (TPSA) is 120 Å². The molecule has 2 aliphatic heterocycles. The number of aliphatic hydroxyl groups is 1. The zero-order valence-corrected chi connectivity index (χ0v) is 24.5. The molecular weight excluding hydrogens is 585 g/mol. The number of carbonyl (C=O) groups excluding carboxylic acids is 1. The number of alkyl halides is 3. The lowest BCUT2D eigenvalue weighted by atomic mass is 9.79. The van der Waals surface area contributed by atoms with Crippen molar-refractivity contribution in [1.82, 2.24) is 34.7 Å². The molecule has 13 heteroatoms. The molecule has 0 spiro atoms. The third-order valence-electron chi connectivity index (χ3n) is 9.62. The minimum Gasteiger partial charge on any atom is -0.384 e. The van der Waals surface area contributed by atoms with Crippen molar-refractivity contribution in [2.45, 2.75) is 68.4 Å². The first-order chi connectivity index (χ1) is 21.7. The number of aromatic nitrogens is 5. The summed E-state index contributed by atoms with van der Waals surface area (Å²) in [6, 6.07) is 9.51. The number of anilines is 1. The number of amides is 1. The minimum atomic E-state index is -4.49. The van der Waals surface area contributed by atoms with Gasteiger partial charge < -0.3 is 15.3 Å². The lowest BCUT2D eigenvalue weighted by molar-refractivity contribution is -0.137. The smallest absolute Gasteiger partial charge is 0.384 e. The molecule has 3 aliphatic rings. The first-order valence-corrected chi connectivity index (χ1v) is 15.3. The van der Waals surface area contributed by atoms with Crippen molar-refractivity contribution in [2.24, 2.45) is 0 Å². The molecule has 3 aromatic heterocycles.